The quantitative estimate of drug-likeness (QED) is 0.545. The van der Waals surface area contributed by atoms with Crippen molar-refractivity contribution in [3.8, 4) is 0 Å². The van der Waals surface area contributed by atoms with Gasteiger partial charge in [0.1, 0.15) is 11.9 Å². The zero-order valence-corrected chi connectivity index (χ0v) is 10.4. The summed E-state index contributed by atoms with van der Waals surface area (Å²) in [4.78, 5) is 17.8. The number of carbonyl (C=O) groups is 1. The van der Waals surface area contributed by atoms with E-state index in [1.54, 1.807) is 0 Å². The van der Waals surface area contributed by atoms with Gasteiger partial charge >= 0.3 is 6.09 Å². The number of nitrogens with zero attached hydrogens (tertiary/aromatic N) is 2. The summed E-state index contributed by atoms with van der Waals surface area (Å²) in [5.41, 5.74) is 0. The van der Waals surface area contributed by atoms with Gasteiger partial charge in [0.25, 0.3) is 0 Å². The molecule has 5 heteroatoms. The number of hydrogen-bond donors (Lipinski definition) is 0. The van der Waals surface area contributed by atoms with Crippen LogP contribution in [-0.2, 0) is 9.47 Å². The molecule has 1 amide bonds. The van der Waals surface area contributed by atoms with Gasteiger partial charge in [0.2, 0.25) is 0 Å². The fraction of sp³-hybridized carbons (Fsp3) is 0.833. The Kier molecular flexibility index (Phi) is 4.36. The van der Waals surface area contributed by atoms with Crippen LogP contribution in [0.15, 0.2) is 4.99 Å². The minimum atomic E-state index is -0.432. The van der Waals surface area contributed by atoms with Gasteiger partial charge in [-0.25, -0.2) is 4.79 Å². The predicted octanol–water partition coefficient (Wildman–Crippen LogP) is 1.82. The molecule has 2 rings (SSSR count). The maximum absolute atomic E-state index is 11.6. The second-order valence-corrected chi connectivity index (χ2v) is 4.42. The first-order chi connectivity index (χ1) is 8.29. The Morgan fingerprint density at radius 3 is 2.65 bits per heavy atom. The molecule has 0 radical (unpaired) electrons. The SMILES string of the molecule is CC/C(=N/C(=O)OC1CCC1)N1CCOCC1. The molecule has 0 N–H and O–H groups in total. The number of ether oxygens (including phenoxy) is 2. The third-order valence-corrected chi connectivity index (χ3v) is 3.23. The Morgan fingerprint density at radius 2 is 2.12 bits per heavy atom. The number of amides is 1. The average molecular weight is 240 g/mol. The normalized spacial score (nSPS) is 22.2. The monoisotopic (exact) mass is 240 g/mol. The summed E-state index contributed by atoms with van der Waals surface area (Å²) in [6.07, 6.45) is 3.55. The van der Waals surface area contributed by atoms with Gasteiger partial charge in [-0.1, -0.05) is 6.92 Å². The Balaban J connectivity index is 1.88. The zero-order chi connectivity index (χ0) is 12.1. The summed E-state index contributed by atoms with van der Waals surface area (Å²) >= 11 is 0. The zero-order valence-electron chi connectivity index (χ0n) is 10.4. The highest BCUT2D eigenvalue weighted by molar-refractivity contribution is 5.91. The molecule has 0 aromatic carbocycles. The van der Waals surface area contributed by atoms with Gasteiger partial charge in [-0.15, -0.1) is 0 Å². The maximum atomic E-state index is 11.6. The number of carbonyl (C=O) groups excluding carboxylic acids is 1. The summed E-state index contributed by atoms with van der Waals surface area (Å²) in [6, 6.07) is 0. The highest BCUT2D eigenvalue weighted by Gasteiger charge is 2.22. The molecule has 1 saturated carbocycles. The van der Waals surface area contributed by atoms with Crippen molar-refractivity contribution in [1.29, 1.82) is 0 Å². The Hall–Kier alpha value is -1.10. The number of hydrogen-bond acceptors (Lipinski definition) is 3. The molecule has 2 fully saturated rings. The second kappa shape index (κ2) is 6.00. The van der Waals surface area contributed by atoms with E-state index < -0.39 is 6.09 Å². The van der Waals surface area contributed by atoms with Crippen LogP contribution in [-0.4, -0.2) is 49.2 Å². The highest BCUT2D eigenvalue weighted by atomic mass is 16.6. The molecule has 5 nitrogen and oxygen atoms in total. The Labute approximate surface area is 102 Å². The van der Waals surface area contributed by atoms with Gasteiger partial charge in [-0.2, -0.15) is 4.99 Å². The van der Waals surface area contributed by atoms with Crippen LogP contribution in [0.5, 0.6) is 0 Å². The summed E-state index contributed by atoms with van der Waals surface area (Å²) in [5, 5.41) is 0. The lowest BCUT2D eigenvalue weighted by Crippen LogP contribution is -2.41. The minimum Gasteiger partial charge on any atom is -0.445 e. The molecule has 0 atom stereocenters. The number of amidine groups is 1. The van der Waals surface area contributed by atoms with Crippen LogP contribution in [0.2, 0.25) is 0 Å². The van der Waals surface area contributed by atoms with Crippen LogP contribution in [0.4, 0.5) is 4.79 Å². The van der Waals surface area contributed by atoms with Crippen LogP contribution >= 0.6 is 0 Å². The maximum Gasteiger partial charge on any atom is 0.435 e. The molecule has 17 heavy (non-hydrogen) atoms. The van der Waals surface area contributed by atoms with E-state index in [0.29, 0.717) is 13.2 Å². The van der Waals surface area contributed by atoms with Crippen LogP contribution in [0, 0.1) is 0 Å². The Morgan fingerprint density at radius 1 is 1.41 bits per heavy atom. The van der Waals surface area contributed by atoms with Crippen molar-refractivity contribution in [3.05, 3.63) is 0 Å². The highest BCUT2D eigenvalue weighted by Crippen LogP contribution is 2.22. The molecule has 1 aliphatic heterocycles. The number of morpholine rings is 1. The smallest absolute Gasteiger partial charge is 0.435 e. The van der Waals surface area contributed by atoms with E-state index >= 15 is 0 Å². The average Bonchev–Trinajstić information content (AvgIpc) is 2.32. The molecule has 0 aromatic rings. The van der Waals surface area contributed by atoms with Gasteiger partial charge in [-0.3, -0.25) is 0 Å². The van der Waals surface area contributed by atoms with Crippen LogP contribution < -0.4 is 0 Å². The summed E-state index contributed by atoms with van der Waals surface area (Å²) in [5.74, 6) is 0.817. The van der Waals surface area contributed by atoms with Crippen molar-refractivity contribution >= 4 is 11.9 Å². The van der Waals surface area contributed by atoms with Crippen LogP contribution in [0.25, 0.3) is 0 Å². The van der Waals surface area contributed by atoms with E-state index in [4.69, 9.17) is 9.47 Å². The molecule has 96 valence electrons. The third-order valence-electron chi connectivity index (χ3n) is 3.23. The Bertz CT molecular complexity index is 294. The van der Waals surface area contributed by atoms with Gasteiger partial charge in [0.15, 0.2) is 0 Å². The molecule has 0 aromatic heterocycles. The lowest BCUT2D eigenvalue weighted by molar-refractivity contribution is 0.0570. The van der Waals surface area contributed by atoms with E-state index in [1.165, 1.54) is 0 Å². The molecule has 1 saturated heterocycles. The lowest BCUT2D eigenvalue weighted by atomic mass is 9.96. The molecule has 1 aliphatic carbocycles. The van der Waals surface area contributed by atoms with Crippen molar-refractivity contribution in [2.75, 3.05) is 26.3 Å². The van der Waals surface area contributed by atoms with Gasteiger partial charge < -0.3 is 14.4 Å². The molecule has 0 unspecified atom stereocenters. The molecule has 0 bridgehead atoms. The lowest BCUT2D eigenvalue weighted by Gasteiger charge is -2.29. The molecular weight excluding hydrogens is 220 g/mol. The van der Waals surface area contributed by atoms with E-state index in [0.717, 1.165) is 44.6 Å². The number of aliphatic imine (C=N–C) groups is 1. The molecule has 2 aliphatic rings. The van der Waals surface area contributed by atoms with E-state index in [9.17, 15) is 4.79 Å². The van der Waals surface area contributed by atoms with Crippen molar-refractivity contribution < 1.29 is 14.3 Å². The van der Waals surface area contributed by atoms with Crippen LogP contribution in [0.1, 0.15) is 32.6 Å². The summed E-state index contributed by atoms with van der Waals surface area (Å²) < 4.78 is 10.5. The predicted molar refractivity (Wildman–Crippen MR) is 64.2 cm³/mol. The van der Waals surface area contributed by atoms with E-state index in [1.807, 2.05) is 6.92 Å². The standard InChI is InChI=1S/C12H20N2O3/c1-2-11(14-6-8-16-9-7-14)13-12(15)17-10-4-3-5-10/h10H,2-9H2,1H3/b13-11-. The molecule has 0 spiro atoms. The first-order valence-corrected chi connectivity index (χ1v) is 6.40. The fourth-order valence-corrected chi connectivity index (χ4v) is 1.96. The van der Waals surface area contributed by atoms with E-state index in [-0.39, 0.29) is 6.10 Å². The number of rotatable bonds is 2. The third kappa shape index (κ3) is 3.43. The van der Waals surface area contributed by atoms with Gasteiger partial charge in [0.05, 0.1) is 13.2 Å². The summed E-state index contributed by atoms with van der Waals surface area (Å²) in [7, 11) is 0. The molecule has 1 heterocycles. The largest absolute Gasteiger partial charge is 0.445 e. The van der Waals surface area contributed by atoms with E-state index in [2.05, 4.69) is 9.89 Å². The van der Waals surface area contributed by atoms with Crippen LogP contribution in [0.3, 0.4) is 0 Å². The van der Waals surface area contributed by atoms with Crippen molar-refractivity contribution in [1.82, 2.24) is 4.90 Å². The van der Waals surface area contributed by atoms with Gasteiger partial charge in [0, 0.05) is 19.5 Å². The van der Waals surface area contributed by atoms with Crippen molar-refractivity contribution in [3.63, 3.8) is 0 Å². The van der Waals surface area contributed by atoms with Crippen molar-refractivity contribution in [2.24, 2.45) is 4.99 Å². The summed E-state index contributed by atoms with van der Waals surface area (Å²) in [6.45, 7) is 5.03. The van der Waals surface area contributed by atoms with Crippen molar-refractivity contribution in [2.45, 2.75) is 38.7 Å². The first kappa shape index (κ1) is 12.4. The topological polar surface area (TPSA) is 51.1 Å². The molecular formula is C12H20N2O3. The fourth-order valence-electron chi connectivity index (χ4n) is 1.96. The minimum absolute atomic E-state index is 0.106. The second-order valence-electron chi connectivity index (χ2n) is 4.42. The van der Waals surface area contributed by atoms with Gasteiger partial charge in [-0.05, 0) is 19.3 Å². The first-order valence-electron chi connectivity index (χ1n) is 6.40.